The number of halogens is 1. The maximum Gasteiger partial charge on any atom is 0.214 e. The highest BCUT2D eigenvalue weighted by molar-refractivity contribution is 6.35. The largest absolute Gasteiger partial charge is 0.496 e. The van der Waals surface area contributed by atoms with Gasteiger partial charge in [-0.15, -0.1) is 0 Å². The van der Waals surface area contributed by atoms with E-state index in [9.17, 15) is 9.90 Å². The summed E-state index contributed by atoms with van der Waals surface area (Å²) in [7, 11) is 3.01. The van der Waals surface area contributed by atoms with Gasteiger partial charge in [-0.25, -0.2) is 0 Å². The van der Waals surface area contributed by atoms with Gasteiger partial charge in [0.1, 0.15) is 22.1 Å². The highest BCUT2D eigenvalue weighted by Gasteiger charge is 2.61. The Kier molecular flexibility index (Phi) is 7.05. The van der Waals surface area contributed by atoms with E-state index in [4.69, 9.17) is 25.8 Å². The maximum atomic E-state index is 13.4. The Balaban J connectivity index is 0.000000640. The smallest absolute Gasteiger partial charge is 0.214 e. The van der Waals surface area contributed by atoms with Crippen molar-refractivity contribution in [3.8, 4) is 17.2 Å². The van der Waals surface area contributed by atoms with Gasteiger partial charge in [0.25, 0.3) is 0 Å². The molecule has 1 aliphatic heterocycles. The molecule has 3 rings (SSSR count). The van der Waals surface area contributed by atoms with Crippen molar-refractivity contribution >= 4 is 17.4 Å². The monoisotopic (exact) mass is 410 g/mol. The molecule has 0 amide bonds. The van der Waals surface area contributed by atoms with E-state index in [0.29, 0.717) is 29.2 Å². The van der Waals surface area contributed by atoms with Crippen molar-refractivity contribution in [1.29, 1.82) is 0 Å². The quantitative estimate of drug-likeness (QED) is 0.700. The van der Waals surface area contributed by atoms with Crippen molar-refractivity contribution in [2.45, 2.75) is 52.7 Å². The summed E-state index contributed by atoms with van der Waals surface area (Å²) in [4.78, 5) is 13.4. The molecule has 0 bridgehead atoms. The summed E-state index contributed by atoms with van der Waals surface area (Å²) in [6.07, 6.45) is 4.05. The van der Waals surface area contributed by atoms with Crippen LogP contribution in [-0.4, -0.2) is 36.8 Å². The predicted molar refractivity (Wildman–Crippen MR) is 111 cm³/mol. The predicted octanol–water partition coefficient (Wildman–Crippen LogP) is 4.93. The van der Waals surface area contributed by atoms with Crippen molar-refractivity contribution < 1.29 is 24.1 Å². The zero-order chi connectivity index (χ0) is 21.2. The highest BCUT2D eigenvalue weighted by atomic mass is 35.5. The van der Waals surface area contributed by atoms with E-state index in [-0.39, 0.29) is 28.6 Å². The van der Waals surface area contributed by atoms with Crippen molar-refractivity contribution in [1.82, 2.24) is 0 Å². The third kappa shape index (κ3) is 3.39. The molecule has 0 aromatic heterocycles. The standard InChI is InChI=1S/C18H23ClO5.C4H8/c1-8-6-11(20)9(2)10(3)18(8)17(21)14-12(22-4)7-13(23-5)15(19)16(14)24-18;1-3-4-2/h7-11,20H,6H2,1-5H3;3-4H,1-2H3/t8?,9?,10?,11?,18-;/m0./s1. The van der Waals surface area contributed by atoms with Crippen LogP contribution < -0.4 is 14.2 Å². The number of ether oxygens (including phenoxy) is 3. The first-order chi connectivity index (χ1) is 13.2. The maximum absolute atomic E-state index is 13.4. The Labute approximate surface area is 172 Å². The number of methoxy groups -OCH3 is 2. The summed E-state index contributed by atoms with van der Waals surface area (Å²) in [6, 6.07) is 1.61. The van der Waals surface area contributed by atoms with Crippen LogP contribution in [0.1, 0.15) is 51.4 Å². The molecule has 28 heavy (non-hydrogen) atoms. The minimum Gasteiger partial charge on any atom is -0.496 e. The van der Waals surface area contributed by atoms with E-state index in [1.54, 1.807) is 6.07 Å². The van der Waals surface area contributed by atoms with E-state index < -0.39 is 11.7 Å². The first-order valence-electron chi connectivity index (χ1n) is 9.64. The number of ketones is 1. The number of aliphatic hydroxyl groups is 1. The molecule has 5 nitrogen and oxygen atoms in total. The Hall–Kier alpha value is -1.72. The van der Waals surface area contributed by atoms with Crippen LogP contribution in [0.15, 0.2) is 18.2 Å². The third-order valence-corrected chi connectivity index (χ3v) is 6.53. The summed E-state index contributed by atoms with van der Waals surface area (Å²) in [5, 5.41) is 10.5. The molecule has 1 saturated carbocycles. The number of hydrogen-bond donors (Lipinski definition) is 1. The molecule has 1 fully saturated rings. The average molecular weight is 411 g/mol. The van der Waals surface area contributed by atoms with Crippen molar-refractivity contribution in [2.75, 3.05) is 14.2 Å². The fourth-order valence-corrected chi connectivity index (χ4v) is 4.43. The van der Waals surface area contributed by atoms with E-state index in [2.05, 4.69) is 0 Å². The Morgan fingerprint density at radius 3 is 2.25 bits per heavy atom. The lowest BCUT2D eigenvalue weighted by Gasteiger charge is -2.47. The molecule has 1 aromatic rings. The Morgan fingerprint density at radius 2 is 1.75 bits per heavy atom. The second-order valence-corrected chi connectivity index (χ2v) is 7.92. The van der Waals surface area contributed by atoms with Crippen LogP contribution in [0.2, 0.25) is 5.02 Å². The fourth-order valence-electron chi connectivity index (χ4n) is 4.17. The summed E-state index contributed by atoms with van der Waals surface area (Å²) >= 11 is 6.40. The van der Waals surface area contributed by atoms with Gasteiger partial charge in [-0.2, -0.15) is 0 Å². The lowest BCUT2D eigenvalue weighted by atomic mass is 9.62. The van der Waals surface area contributed by atoms with Gasteiger partial charge >= 0.3 is 0 Å². The molecular formula is C22H31ClO5. The number of benzene rings is 1. The fraction of sp³-hybridized carbons (Fsp3) is 0.591. The van der Waals surface area contributed by atoms with Gasteiger partial charge in [0.15, 0.2) is 11.4 Å². The molecule has 1 aliphatic carbocycles. The number of fused-ring (bicyclic) bond motifs is 1. The topological polar surface area (TPSA) is 65.0 Å². The Morgan fingerprint density at radius 1 is 1.18 bits per heavy atom. The molecule has 1 N–H and O–H groups in total. The van der Waals surface area contributed by atoms with Gasteiger partial charge in [0.2, 0.25) is 5.78 Å². The number of Topliss-reactive ketones (excluding diaryl/α,β-unsaturated/α-hetero) is 1. The van der Waals surface area contributed by atoms with Crippen molar-refractivity contribution in [3.63, 3.8) is 0 Å². The van der Waals surface area contributed by atoms with Crippen LogP contribution >= 0.6 is 11.6 Å². The minimum absolute atomic E-state index is 0.0638. The summed E-state index contributed by atoms with van der Waals surface area (Å²) in [5.41, 5.74) is -0.671. The number of allylic oxidation sites excluding steroid dienone is 2. The van der Waals surface area contributed by atoms with Crippen LogP contribution in [0.5, 0.6) is 17.2 Å². The van der Waals surface area contributed by atoms with Gasteiger partial charge in [-0.05, 0) is 26.2 Å². The van der Waals surface area contributed by atoms with Gasteiger partial charge in [0.05, 0.1) is 20.3 Å². The van der Waals surface area contributed by atoms with Crippen LogP contribution in [0.3, 0.4) is 0 Å². The van der Waals surface area contributed by atoms with Crippen LogP contribution in [0.4, 0.5) is 0 Å². The second-order valence-electron chi connectivity index (χ2n) is 7.54. The third-order valence-electron chi connectivity index (χ3n) is 6.18. The molecular weight excluding hydrogens is 380 g/mol. The first kappa shape index (κ1) is 22.6. The van der Waals surface area contributed by atoms with Gasteiger partial charge in [0, 0.05) is 17.9 Å². The van der Waals surface area contributed by atoms with Gasteiger partial charge < -0.3 is 19.3 Å². The molecule has 6 heteroatoms. The summed E-state index contributed by atoms with van der Waals surface area (Å²) < 4.78 is 16.9. The molecule has 1 heterocycles. The average Bonchev–Trinajstić information content (AvgIpc) is 3.01. The number of hydrogen-bond acceptors (Lipinski definition) is 5. The van der Waals surface area contributed by atoms with E-state index in [1.165, 1.54) is 14.2 Å². The van der Waals surface area contributed by atoms with Crippen LogP contribution in [-0.2, 0) is 0 Å². The minimum atomic E-state index is -1.04. The normalized spacial score (nSPS) is 31.2. The van der Waals surface area contributed by atoms with E-state index in [0.717, 1.165) is 0 Å². The van der Waals surface area contributed by atoms with E-state index >= 15 is 0 Å². The zero-order valence-electron chi connectivity index (χ0n) is 17.7. The van der Waals surface area contributed by atoms with Crippen LogP contribution in [0.25, 0.3) is 0 Å². The molecule has 4 unspecified atom stereocenters. The van der Waals surface area contributed by atoms with Gasteiger partial charge in [-0.3, -0.25) is 4.79 Å². The summed E-state index contributed by atoms with van der Waals surface area (Å²) in [6.45, 7) is 9.83. The molecule has 156 valence electrons. The molecule has 2 aliphatic rings. The lowest BCUT2D eigenvalue weighted by molar-refractivity contribution is -0.0910. The molecule has 0 saturated heterocycles. The second kappa shape index (κ2) is 8.75. The zero-order valence-corrected chi connectivity index (χ0v) is 18.5. The SMILES string of the molecule is CC=CC.COc1cc(OC)c2c(c1Cl)O[C@@]1(C2=O)C(C)CC(O)C(C)C1C. The number of rotatable bonds is 2. The summed E-state index contributed by atoms with van der Waals surface area (Å²) in [5.74, 6) is 0.616. The molecule has 1 spiro atoms. The van der Waals surface area contributed by atoms with Crippen molar-refractivity contribution in [2.24, 2.45) is 17.8 Å². The molecule has 1 aromatic carbocycles. The highest BCUT2D eigenvalue weighted by Crippen LogP contribution is 2.56. The lowest BCUT2D eigenvalue weighted by Crippen LogP contribution is -2.59. The molecule has 5 atom stereocenters. The Bertz CT molecular complexity index is 756. The van der Waals surface area contributed by atoms with Crippen molar-refractivity contribution in [3.05, 3.63) is 28.8 Å². The molecule has 0 radical (unpaired) electrons. The van der Waals surface area contributed by atoms with Gasteiger partial charge in [-0.1, -0.05) is 44.5 Å². The van der Waals surface area contributed by atoms with Crippen LogP contribution in [0, 0.1) is 17.8 Å². The number of carbonyl (C=O) groups excluding carboxylic acids is 1. The number of aliphatic hydroxyl groups excluding tert-OH is 1. The number of carbonyl (C=O) groups is 1. The van der Waals surface area contributed by atoms with E-state index in [1.807, 2.05) is 46.8 Å². The first-order valence-corrected chi connectivity index (χ1v) is 10.0.